The van der Waals surface area contributed by atoms with Crippen LogP contribution in [0.3, 0.4) is 0 Å². The van der Waals surface area contributed by atoms with Crippen LogP contribution in [0.5, 0.6) is 0 Å². The monoisotopic (exact) mass is 503 g/mol. The lowest BCUT2D eigenvalue weighted by atomic mass is 10.1. The molecule has 0 unspecified atom stereocenters. The molecule has 7 heteroatoms. The van der Waals surface area contributed by atoms with E-state index >= 15 is 0 Å². The van der Waals surface area contributed by atoms with Gasteiger partial charge in [-0.1, -0.05) is 67.1 Å². The van der Waals surface area contributed by atoms with Crippen LogP contribution in [-0.2, 0) is 14.4 Å². The van der Waals surface area contributed by atoms with Crippen molar-refractivity contribution in [3.05, 3.63) is 84.9 Å². The van der Waals surface area contributed by atoms with Gasteiger partial charge in [0.2, 0.25) is 17.7 Å². The Morgan fingerprint density at radius 2 is 1.25 bits per heavy atom. The van der Waals surface area contributed by atoms with E-state index in [2.05, 4.69) is 16.0 Å². The van der Waals surface area contributed by atoms with E-state index in [1.54, 1.807) is 0 Å². The second-order valence-electron chi connectivity index (χ2n) is 8.37. The maximum atomic E-state index is 12.3. The lowest BCUT2D eigenvalue weighted by Crippen LogP contribution is -2.26. The third kappa shape index (κ3) is 10.4. The van der Waals surface area contributed by atoms with Crippen LogP contribution in [0.1, 0.15) is 32.1 Å². The molecule has 0 fully saturated rings. The van der Waals surface area contributed by atoms with Crippen LogP contribution < -0.4 is 16.0 Å². The number of hydrogen-bond donors (Lipinski definition) is 3. The van der Waals surface area contributed by atoms with Gasteiger partial charge >= 0.3 is 0 Å². The van der Waals surface area contributed by atoms with Crippen LogP contribution >= 0.6 is 11.8 Å². The maximum Gasteiger partial charge on any atom is 0.229 e. The molecule has 0 bridgehead atoms. The molecular weight excluding hydrogens is 470 g/mol. The molecule has 0 aliphatic rings. The summed E-state index contributed by atoms with van der Waals surface area (Å²) in [4.78, 5) is 36.1. The third-order valence-electron chi connectivity index (χ3n) is 5.42. The lowest BCUT2D eigenvalue weighted by molar-refractivity contribution is -0.119. The standard InChI is InChI=1S/C29H33N3O3S/c33-27(32-26-16-10-13-24(21-26)23-11-4-1-5-12-23)17-8-3-9-19-30-29(35)22-36-20-18-28(34)31-25-14-6-2-7-15-25/h1-2,4-7,10-16,21H,3,8-9,17-20,22H2,(H,30,35)(H,31,34)(H,32,33). The number of unbranched alkanes of at least 4 members (excludes halogenated alkanes) is 2. The fourth-order valence-corrected chi connectivity index (χ4v) is 4.33. The van der Waals surface area contributed by atoms with Crippen molar-refractivity contribution < 1.29 is 14.4 Å². The van der Waals surface area contributed by atoms with Gasteiger partial charge in [0.1, 0.15) is 0 Å². The number of thioether (sulfide) groups is 1. The summed E-state index contributed by atoms with van der Waals surface area (Å²) in [6, 6.07) is 27.2. The Bertz CT molecular complexity index is 1110. The highest BCUT2D eigenvalue weighted by Gasteiger charge is 2.06. The number of anilines is 2. The molecule has 0 atom stereocenters. The predicted molar refractivity (Wildman–Crippen MR) is 149 cm³/mol. The van der Waals surface area contributed by atoms with Gasteiger partial charge in [-0.05, 0) is 48.2 Å². The van der Waals surface area contributed by atoms with Gasteiger partial charge < -0.3 is 16.0 Å². The molecule has 3 N–H and O–H groups in total. The number of benzene rings is 3. The predicted octanol–water partition coefficient (Wildman–Crippen LogP) is 5.73. The van der Waals surface area contributed by atoms with Gasteiger partial charge in [0.15, 0.2) is 0 Å². The Morgan fingerprint density at radius 1 is 0.611 bits per heavy atom. The quantitative estimate of drug-likeness (QED) is 0.245. The van der Waals surface area contributed by atoms with Crippen molar-refractivity contribution >= 4 is 40.9 Å². The van der Waals surface area contributed by atoms with E-state index < -0.39 is 0 Å². The third-order valence-corrected chi connectivity index (χ3v) is 6.38. The fourth-order valence-electron chi connectivity index (χ4n) is 3.57. The molecule has 3 rings (SSSR count). The Labute approximate surface area is 217 Å². The molecule has 3 amide bonds. The topological polar surface area (TPSA) is 87.3 Å². The minimum absolute atomic E-state index is 0.00283. The van der Waals surface area contributed by atoms with Crippen LogP contribution in [0.15, 0.2) is 84.9 Å². The van der Waals surface area contributed by atoms with Crippen LogP contribution in [0, 0.1) is 0 Å². The largest absolute Gasteiger partial charge is 0.355 e. The SMILES string of the molecule is O=C(CSCCC(=O)Nc1ccccc1)NCCCCCC(=O)Nc1cccc(-c2ccccc2)c1. The summed E-state index contributed by atoms with van der Waals surface area (Å²) in [6.45, 7) is 0.592. The van der Waals surface area contributed by atoms with E-state index in [4.69, 9.17) is 0 Å². The van der Waals surface area contributed by atoms with E-state index in [9.17, 15) is 14.4 Å². The number of rotatable bonds is 14. The first-order valence-corrected chi connectivity index (χ1v) is 13.4. The maximum absolute atomic E-state index is 12.3. The number of nitrogens with one attached hydrogen (secondary N) is 3. The average Bonchev–Trinajstić information content (AvgIpc) is 2.90. The highest BCUT2D eigenvalue weighted by atomic mass is 32.2. The van der Waals surface area contributed by atoms with Crippen molar-refractivity contribution in [2.45, 2.75) is 32.1 Å². The van der Waals surface area contributed by atoms with Gasteiger partial charge in [-0.15, -0.1) is 0 Å². The van der Waals surface area contributed by atoms with Gasteiger partial charge in [0, 0.05) is 36.5 Å². The Hall–Kier alpha value is -3.58. The van der Waals surface area contributed by atoms with Gasteiger partial charge in [-0.25, -0.2) is 0 Å². The molecule has 0 saturated carbocycles. The summed E-state index contributed by atoms with van der Waals surface area (Å²) in [5, 5.41) is 8.70. The second kappa shape index (κ2) is 15.4. The molecule has 0 aliphatic heterocycles. The van der Waals surface area contributed by atoms with Crippen molar-refractivity contribution in [2.24, 2.45) is 0 Å². The smallest absolute Gasteiger partial charge is 0.229 e. The van der Waals surface area contributed by atoms with Crippen LogP contribution in [0.4, 0.5) is 11.4 Å². The molecule has 36 heavy (non-hydrogen) atoms. The van der Waals surface area contributed by atoms with Gasteiger partial charge in [-0.2, -0.15) is 11.8 Å². The molecule has 0 heterocycles. The molecule has 3 aromatic carbocycles. The van der Waals surface area contributed by atoms with Crippen LogP contribution in [-0.4, -0.2) is 35.8 Å². The van der Waals surface area contributed by atoms with E-state index in [1.807, 2.05) is 84.9 Å². The van der Waals surface area contributed by atoms with Crippen molar-refractivity contribution in [2.75, 3.05) is 28.7 Å². The highest BCUT2D eigenvalue weighted by molar-refractivity contribution is 7.99. The van der Waals surface area contributed by atoms with Crippen molar-refractivity contribution in [1.82, 2.24) is 5.32 Å². The molecule has 0 aliphatic carbocycles. The van der Waals surface area contributed by atoms with E-state index in [0.717, 1.165) is 41.8 Å². The minimum atomic E-state index is -0.0537. The first kappa shape index (κ1) is 27.0. The molecule has 0 radical (unpaired) electrons. The zero-order valence-electron chi connectivity index (χ0n) is 20.4. The zero-order valence-corrected chi connectivity index (χ0v) is 21.2. The summed E-state index contributed by atoms with van der Waals surface area (Å²) in [6.07, 6.45) is 3.28. The summed E-state index contributed by atoms with van der Waals surface area (Å²) in [5.41, 5.74) is 3.75. The lowest BCUT2D eigenvalue weighted by Gasteiger charge is -2.08. The molecule has 0 spiro atoms. The molecule has 0 aromatic heterocycles. The number of amides is 3. The summed E-state index contributed by atoms with van der Waals surface area (Å²) < 4.78 is 0. The van der Waals surface area contributed by atoms with Crippen LogP contribution in [0.2, 0.25) is 0 Å². The fraction of sp³-hybridized carbons (Fsp3) is 0.276. The van der Waals surface area contributed by atoms with Gasteiger partial charge in [0.05, 0.1) is 5.75 Å². The zero-order chi connectivity index (χ0) is 25.4. The number of hydrogen-bond acceptors (Lipinski definition) is 4. The second-order valence-corrected chi connectivity index (χ2v) is 9.48. The van der Waals surface area contributed by atoms with Crippen molar-refractivity contribution in [1.29, 1.82) is 0 Å². The molecule has 188 valence electrons. The normalized spacial score (nSPS) is 10.4. The highest BCUT2D eigenvalue weighted by Crippen LogP contribution is 2.22. The number of para-hydroxylation sites is 1. The average molecular weight is 504 g/mol. The first-order valence-electron chi connectivity index (χ1n) is 12.2. The Morgan fingerprint density at radius 3 is 2.03 bits per heavy atom. The van der Waals surface area contributed by atoms with E-state index in [0.29, 0.717) is 30.9 Å². The van der Waals surface area contributed by atoms with E-state index in [-0.39, 0.29) is 17.7 Å². The van der Waals surface area contributed by atoms with Crippen molar-refractivity contribution in [3.8, 4) is 11.1 Å². The van der Waals surface area contributed by atoms with Crippen LogP contribution in [0.25, 0.3) is 11.1 Å². The summed E-state index contributed by atoms with van der Waals surface area (Å²) >= 11 is 1.45. The summed E-state index contributed by atoms with van der Waals surface area (Å²) in [5.74, 6) is 0.844. The number of carbonyl (C=O) groups excluding carboxylic acids is 3. The Balaban J connectivity index is 1.20. The van der Waals surface area contributed by atoms with Crippen molar-refractivity contribution in [3.63, 3.8) is 0 Å². The molecule has 0 saturated heterocycles. The van der Waals surface area contributed by atoms with Gasteiger partial charge in [0.25, 0.3) is 0 Å². The number of carbonyl (C=O) groups is 3. The van der Waals surface area contributed by atoms with E-state index in [1.165, 1.54) is 11.8 Å². The summed E-state index contributed by atoms with van der Waals surface area (Å²) in [7, 11) is 0. The minimum Gasteiger partial charge on any atom is -0.355 e. The first-order chi connectivity index (χ1) is 17.6. The molecule has 3 aromatic rings. The molecule has 6 nitrogen and oxygen atoms in total. The molecular formula is C29H33N3O3S. The Kier molecular flexibility index (Phi) is 11.6. The van der Waals surface area contributed by atoms with Gasteiger partial charge in [-0.3, -0.25) is 14.4 Å².